The van der Waals surface area contributed by atoms with E-state index in [2.05, 4.69) is 19.1 Å². The van der Waals surface area contributed by atoms with Gasteiger partial charge in [0.2, 0.25) is 0 Å². The third kappa shape index (κ3) is 14.7. The summed E-state index contributed by atoms with van der Waals surface area (Å²) in [4.78, 5) is 23.6. The lowest BCUT2D eigenvalue weighted by Crippen LogP contribution is -2.13. The fourth-order valence-electron chi connectivity index (χ4n) is 3.27. The lowest BCUT2D eigenvalue weighted by atomic mass is 10.1. The van der Waals surface area contributed by atoms with Crippen LogP contribution in [0, 0.1) is 0 Å². The van der Waals surface area contributed by atoms with Crippen molar-refractivity contribution in [1.82, 2.24) is 0 Å². The second-order valence-electron chi connectivity index (χ2n) is 7.78. The van der Waals surface area contributed by atoms with E-state index < -0.39 is 0 Å². The molecule has 0 bridgehead atoms. The van der Waals surface area contributed by atoms with Crippen LogP contribution in [0.2, 0.25) is 0 Å². The predicted molar refractivity (Wildman–Crippen MR) is 121 cm³/mol. The van der Waals surface area contributed by atoms with Gasteiger partial charge in [0.05, 0.1) is 0 Å². The smallest absolute Gasteiger partial charge is 0.306 e. The van der Waals surface area contributed by atoms with Gasteiger partial charge in [0, 0.05) is 12.0 Å². The molecule has 1 rings (SSSR count). The van der Waals surface area contributed by atoms with Gasteiger partial charge in [0.15, 0.2) is 12.4 Å². The Morgan fingerprint density at radius 1 is 0.759 bits per heavy atom. The van der Waals surface area contributed by atoms with Crippen molar-refractivity contribution < 1.29 is 14.3 Å². The summed E-state index contributed by atoms with van der Waals surface area (Å²) in [6.45, 7) is 2.10. The monoisotopic (exact) mass is 400 g/mol. The highest BCUT2D eigenvalue weighted by Crippen LogP contribution is 2.11. The molecule has 162 valence electrons. The van der Waals surface area contributed by atoms with Crippen LogP contribution in [0.5, 0.6) is 0 Å². The number of Topliss-reactive ketones (excluding diaryl/α,β-unsaturated/α-hetero) is 1. The predicted octanol–water partition coefficient (Wildman–Crippen LogP) is 7.45. The van der Waals surface area contributed by atoms with Gasteiger partial charge in [-0.1, -0.05) is 101 Å². The molecule has 1 aromatic carbocycles. The molecule has 0 atom stereocenters. The lowest BCUT2D eigenvalue weighted by molar-refractivity contribution is -0.142. The summed E-state index contributed by atoms with van der Waals surface area (Å²) < 4.78 is 5.08. The number of hydrogen-bond donors (Lipinski definition) is 0. The third-order valence-electron chi connectivity index (χ3n) is 5.10. The van der Waals surface area contributed by atoms with Gasteiger partial charge in [-0.3, -0.25) is 9.59 Å². The van der Waals surface area contributed by atoms with E-state index in [0.717, 1.165) is 19.3 Å². The lowest BCUT2D eigenvalue weighted by Gasteiger charge is -2.04. The Kier molecular flexibility index (Phi) is 15.7. The zero-order valence-electron chi connectivity index (χ0n) is 18.4. The Morgan fingerprint density at radius 2 is 1.31 bits per heavy atom. The first-order chi connectivity index (χ1) is 14.2. The zero-order valence-corrected chi connectivity index (χ0v) is 18.4. The maximum atomic E-state index is 11.9. The molecule has 0 amide bonds. The number of allylic oxidation sites excluding steroid dienone is 2. The van der Waals surface area contributed by atoms with Crippen LogP contribution in [0.3, 0.4) is 0 Å². The van der Waals surface area contributed by atoms with Crippen molar-refractivity contribution >= 4 is 11.8 Å². The summed E-state index contributed by atoms with van der Waals surface area (Å²) in [5.74, 6) is -0.418. The summed E-state index contributed by atoms with van der Waals surface area (Å²) in [6.07, 6.45) is 21.1. The number of carbonyl (C=O) groups is 2. The van der Waals surface area contributed by atoms with E-state index >= 15 is 0 Å². The first kappa shape index (κ1) is 25.1. The molecule has 3 heteroatoms. The zero-order chi connectivity index (χ0) is 21.0. The van der Waals surface area contributed by atoms with Gasteiger partial charge in [-0.15, -0.1) is 0 Å². The van der Waals surface area contributed by atoms with Crippen LogP contribution in [0.4, 0.5) is 0 Å². The van der Waals surface area contributed by atoms with E-state index in [-0.39, 0.29) is 18.4 Å². The van der Waals surface area contributed by atoms with Gasteiger partial charge in [0.1, 0.15) is 0 Å². The maximum absolute atomic E-state index is 11.9. The number of carbonyl (C=O) groups excluding carboxylic acids is 2. The molecule has 0 aromatic heterocycles. The Labute approximate surface area is 177 Å². The quantitative estimate of drug-likeness (QED) is 0.111. The summed E-state index contributed by atoms with van der Waals surface area (Å²) >= 11 is 0. The van der Waals surface area contributed by atoms with E-state index in [1.807, 2.05) is 6.07 Å². The average molecular weight is 401 g/mol. The van der Waals surface area contributed by atoms with Crippen molar-refractivity contribution in [2.45, 2.75) is 96.8 Å². The van der Waals surface area contributed by atoms with E-state index in [1.54, 1.807) is 24.3 Å². The van der Waals surface area contributed by atoms with Gasteiger partial charge >= 0.3 is 5.97 Å². The molecular formula is C26H40O3. The van der Waals surface area contributed by atoms with E-state index in [0.29, 0.717) is 12.0 Å². The highest BCUT2D eigenvalue weighted by atomic mass is 16.5. The molecule has 0 heterocycles. The standard InChI is InChI=1S/C26H40O3/c1-2-3-4-5-6-7-8-9-10-11-12-13-14-15-19-22-26(28)29-23-25(27)24-20-17-16-18-21-24/h8-9,16-18,20-21H,2-7,10-15,19,22-23H2,1H3/b9-8+. The number of hydrogen-bond acceptors (Lipinski definition) is 3. The van der Waals surface area contributed by atoms with Gasteiger partial charge in [-0.05, 0) is 32.1 Å². The van der Waals surface area contributed by atoms with Gasteiger partial charge in [0.25, 0.3) is 0 Å². The van der Waals surface area contributed by atoms with Crippen molar-refractivity contribution in [2.75, 3.05) is 6.61 Å². The molecule has 0 aliphatic carbocycles. The third-order valence-corrected chi connectivity index (χ3v) is 5.10. The second-order valence-corrected chi connectivity index (χ2v) is 7.78. The summed E-state index contributed by atoms with van der Waals surface area (Å²) in [7, 11) is 0. The van der Waals surface area contributed by atoms with Crippen molar-refractivity contribution in [1.29, 1.82) is 0 Å². The molecule has 0 saturated carbocycles. The number of esters is 1. The highest BCUT2D eigenvalue weighted by Gasteiger charge is 2.09. The topological polar surface area (TPSA) is 43.4 Å². The molecule has 0 aliphatic heterocycles. The average Bonchev–Trinajstić information content (AvgIpc) is 2.75. The molecule has 29 heavy (non-hydrogen) atoms. The van der Waals surface area contributed by atoms with Crippen LogP contribution in [-0.2, 0) is 9.53 Å². The minimum Gasteiger partial charge on any atom is -0.457 e. The molecule has 0 spiro atoms. The number of benzene rings is 1. The van der Waals surface area contributed by atoms with Crippen LogP contribution < -0.4 is 0 Å². The number of rotatable bonds is 18. The molecule has 0 N–H and O–H groups in total. The SMILES string of the molecule is CCCCCCC/C=C/CCCCCCCCC(=O)OCC(=O)c1ccccc1. The first-order valence-corrected chi connectivity index (χ1v) is 11.6. The first-order valence-electron chi connectivity index (χ1n) is 11.6. The minimum atomic E-state index is -0.269. The number of ether oxygens (including phenoxy) is 1. The van der Waals surface area contributed by atoms with Crippen molar-refractivity contribution in [3.05, 3.63) is 48.0 Å². The van der Waals surface area contributed by atoms with Crippen molar-refractivity contribution in [3.63, 3.8) is 0 Å². The van der Waals surface area contributed by atoms with Crippen LogP contribution in [-0.4, -0.2) is 18.4 Å². The van der Waals surface area contributed by atoms with Crippen LogP contribution in [0.15, 0.2) is 42.5 Å². The van der Waals surface area contributed by atoms with Gasteiger partial charge < -0.3 is 4.74 Å². The molecule has 1 aromatic rings. The van der Waals surface area contributed by atoms with E-state index in [4.69, 9.17) is 4.74 Å². The maximum Gasteiger partial charge on any atom is 0.306 e. The number of unbranched alkanes of at least 4 members (excludes halogenated alkanes) is 11. The summed E-state index contributed by atoms with van der Waals surface area (Å²) in [5, 5.41) is 0. The Morgan fingerprint density at radius 3 is 1.93 bits per heavy atom. The molecule has 0 aliphatic rings. The molecule has 0 saturated heterocycles. The van der Waals surface area contributed by atoms with Crippen molar-refractivity contribution in [3.8, 4) is 0 Å². The van der Waals surface area contributed by atoms with Crippen LogP contribution >= 0.6 is 0 Å². The molecule has 0 radical (unpaired) electrons. The van der Waals surface area contributed by atoms with Crippen molar-refractivity contribution in [2.24, 2.45) is 0 Å². The molecular weight excluding hydrogens is 360 g/mol. The van der Waals surface area contributed by atoms with E-state index in [1.165, 1.54) is 64.2 Å². The normalized spacial score (nSPS) is 11.1. The molecule has 0 unspecified atom stereocenters. The molecule has 0 fully saturated rings. The largest absolute Gasteiger partial charge is 0.457 e. The van der Waals surface area contributed by atoms with E-state index in [9.17, 15) is 9.59 Å². The van der Waals surface area contributed by atoms with Crippen LogP contribution in [0.1, 0.15) is 107 Å². The minimum absolute atomic E-state index is 0.149. The fraction of sp³-hybridized carbons (Fsp3) is 0.615. The Bertz CT molecular complexity index is 563. The Hall–Kier alpha value is -1.90. The number of ketones is 1. The highest BCUT2D eigenvalue weighted by molar-refractivity contribution is 5.97. The van der Waals surface area contributed by atoms with Crippen LogP contribution in [0.25, 0.3) is 0 Å². The fourth-order valence-corrected chi connectivity index (χ4v) is 3.27. The summed E-state index contributed by atoms with van der Waals surface area (Å²) in [5.41, 5.74) is 0.585. The second kappa shape index (κ2) is 18.1. The summed E-state index contributed by atoms with van der Waals surface area (Å²) in [6, 6.07) is 8.94. The van der Waals surface area contributed by atoms with Gasteiger partial charge in [-0.25, -0.2) is 0 Å². The Balaban J connectivity index is 1.87. The molecule has 3 nitrogen and oxygen atoms in total. The van der Waals surface area contributed by atoms with Gasteiger partial charge in [-0.2, -0.15) is 0 Å².